The predicted molar refractivity (Wildman–Crippen MR) is 99.6 cm³/mol. The van der Waals surface area contributed by atoms with E-state index < -0.39 is 35.7 Å². The molecule has 1 saturated heterocycles. The van der Waals surface area contributed by atoms with Crippen LogP contribution in [0.4, 0.5) is 10.5 Å². The third-order valence-electron chi connectivity index (χ3n) is 5.22. The van der Waals surface area contributed by atoms with Gasteiger partial charge in [0.1, 0.15) is 12.0 Å². The lowest BCUT2D eigenvalue weighted by Gasteiger charge is -2.42. The highest BCUT2D eigenvalue weighted by Gasteiger charge is 2.55. The average molecular weight is 369 g/mol. The summed E-state index contributed by atoms with van der Waals surface area (Å²) >= 11 is 0. The molecular weight excluding hydrogens is 346 g/mol. The number of carbonyl (C=O) groups excluding carboxylic acids is 4. The molecule has 142 valence electrons. The first kappa shape index (κ1) is 18.8. The highest BCUT2D eigenvalue weighted by atomic mass is 16.2. The van der Waals surface area contributed by atoms with Gasteiger partial charge in [-0.2, -0.15) is 0 Å². The second kappa shape index (κ2) is 7.34. The van der Waals surface area contributed by atoms with Gasteiger partial charge in [-0.3, -0.25) is 24.2 Å². The Balaban J connectivity index is 1.84. The van der Waals surface area contributed by atoms with E-state index in [2.05, 4.69) is 5.32 Å². The second-order valence-electron chi connectivity index (χ2n) is 7.05. The molecule has 1 unspecified atom stereocenters. The standard InChI is InChI=1S/C20H23N3O4/c1-20(14-9-5-3-6-10-14)17(25)22(2)19(27)23(18(20)26)13-16(24)21-15-11-7-4-8-12-15/h4,7-9,11-12H,3,5-6,10,13H2,1-2H3,(H,21,24). The minimum atomic E-state index is -1.43. The van der Waals surface area contributed by atoms with Gasteiger partial charge in [0.05, 0.1) is 0 Å². The summed E-state index contributed by atoms with van der Waals surface area (Å²) < 4.78 is 0. The van der Waals surface area contributed by atoms with Crippen LogP contribution in [0.3, 0.4) is 0 Å². The van der Waals surface area contributed by atoms with Crippen molar-refractivity contribution in [2.24, 2.45) is 5.41 Å². The van der Waals surface area contributed by atoms with Crippen molar-refractivity contribution in [3.63, 3.8) is 0 Å². The van der Waals surface area contributed by atoms with Gasteiger partial charge in [-0.1, -0.05) is 24.3 Å². The summed E-state index contributed by atoms with van der Waals surface area (Å²) in [4.78, 5) is 52.6. The number of rotatable bonds is 4. The molecule has 3 rings (SSSR count). The SMILES string of the molecule is CN1C(=O)N(CC(=O)Nc2ccccc2)C(=O)C(C)(C2=CCCCC2)C1=O. The topological polar surface area (TPSA) is 86.8 Å². The molecule has 0 bridgehead atoms. The molecule has 1 aliphatic carbocycles. The van der Waals surface area contributed by atoms with Gasteiger partial charge in [0, 0.05) is 12.7 Å². The van der Waals surface area contributed by atoms with Gasteiger partial charge in [0.2, 0.25) is 11.8 Å². The van der Waals surface area contributed by atoms with Crippen molar-refractivity contribution in [3.05, 3.63) is 42.0 Å². The van der Waals surface area contributed by atoms with Crippen molar-refractivity contribution in [2.45, 2.75) is 32.6 Å². The molecule has 1 atom stereocenters. The number of urea groups is 1. The van der Waals surface area contributed by atoms with E-state index in [1.54, 1.807) is 31.2 Å². The summed E-state index contributed by atoms with van der Waals surface area (Å²) in [5, 5.41) is 2.66. The molecule has 1 aliphatic heterocycles. The van der Waals surface area contributed by atoms with Crippen LogP contribution in [0.15, 0.2) is 42.0 Å². The molecule has 7 heteroatoms. The Morgan fingerprint density at radius 1 is 1.11 bits per heavy atom. The summed E-state index contributed by atoms with van der Waals surface area (Å²) in [7, 11) is 1.35. The first-order valence-corrected chi connectivity index (χ1v) is 9.04. The largest absolute Gasteiger partial charge is 0.333 e. The predicted octanol–water partition coefficient (Wildman–Crippen LogP) is 2.55. The van der Waals surface area contributed by atoms with Gasteiger partial charge in [-0.15, -0.1) is 0 Å². The number of nitrogens with zero attached hydrogens (tertiary/aromatic N) is 2. The summed E-state index contributed by atoms with van der Waals surface area (Å²) in [6.07, 6.45) is 5.27. The highest BCUT2D eigenvalue weighted by molar-refractivity contribution is 6.21. The van der Waals surface area contributed by atoms with Gasteiger partial charge in [0.25, 0.3) is 5.91 Å². The maximum atomic E-state index is 13.1. The molecule has 7 nitrogen and oxygen atoms in total. The number of imide groups is 2. The minimum absolute atomic E-state index is 0.437. The summed E-state index contributed by atoms with van der Waals surface area (Å²) in [6, 6.07) is 8.01. The van der Waals surface area contributed by atoms with Gasteiger partial charge in [-0.25, -0.2) is 4.79 Å². The molecule has 5 amide bonds. The maximum absolute atomic E-state index is 13.1. The second-order valence-corrected chi connectivity index (χ2v) is 7.05. The zero-order chi connectivity index (χ0) is 19.6. The van der Waals surface area contributed by atoms with Crippen molar-refractivity contribution in [2.75, 3.05) is 18.9 Å². The molecule has 0 radical (unpaired) electrons. The molecule has 0 saturated carbocycles. The number of allylic oxidation sites excluding steroid dienone is 1. The van der Waals surface area contributed by atoms with Crippen molar-refractivity contribution < 1.29 is 19.2 Å². The van der Waals surface area contributed by atoms with Crippen LogP contribution in [-0.2, 0) is 14.4 Å². The molecule has 1 aromatic carbocycles. The van der Waals surface area contributed by atoms with E-state index in [0.717, 1.165) is 34.6 Å². The van der Waals surface area contributed by atoms with Gasteiger partial charge < -0.3 is 5.32 Å². The number of carbonyl (C=O) groups is 4. The van der Waals surface area contributed by atoms with Crippen molar-refractivity contribution in [1.29, 1.82) is 0 Å². The molecule has 0 aromatic heterocycles. The fourth-order valence-electron chi connectivity index (χ4n) is 3.62. The third kappa shape index (κ3) is 3.37. The fraction of sp³-hybridized carbons (Fsp3) is 0.400. The van der Waals surface area contributed by atoms with Gasteiger partial charge in [-0.05, 0) is 50.3 Å². The van der Waals surface area contributed by atoms with Crippen LogP contribution < -0.4 is 5.32 Å². The highest BCUT2D eigenvalue weighted by Crippen LogP contribution is 2.40. The monoisotopic (exact) mass is 369 g/mol. The van der Waals surface area contributed by atoms with E-state index in [1.807, 2.05) is 12.1 Å². The van der Waals surface area contributed by atoms with Gasteiger partial charge in [0.15, 0.2) is 0 Å². The van der Waals surface area contributed by atoms with E-state index >= 15 is 0 Å². The number of barbiturate groups is 1. The Bertz CT molecular complexity index is 818. The zero-order valence-electron chi connectivity index (χ0n) is 15.5. The van der Waals surface area contributed by atoms with E-state index in [-0.39, 0.29) is 0 Å². The normalized spacial score (nSPS) is 23.3. The summed E-state index contributed by atoms with van der Waals surface area (Å²) in [5.74, 6) is -1.66. The average Bonchev–Trinajstić information content (AvgIpc) is 2.69. The van der Waals surface area contributed by atoms with Crippen LogP contribution in [0, 0.1) is 5.41 Å². The Kier molecular flexibility index (Phi) is 5.12. The van der Waals surface area contributed by atoms with E-state index in [4.69, 9.17) is 0 Å². The Hall–Kier alpha value is -2.96. The van der Waals surface area contributed by atoms with E-state index in [9.17, 15) is 19.2 Å². The number of anilines is 1. The Labute approximate surface area is 158 Å². The van der Waals surface area contributed by atoms with Crippen LogP contribution in [0.1, 0.15) is 32.6 Å². The van der Waals surface area contributed by atoms with Crippen molar-refractivity contribution >= 4 is 29.4 Å². The maximum Gasteiger partial charge on any atom is 0.333 e. The molecule has 2 aliphatic rings. The van der Waals surface area contributed by atoms with E-state index in [1.165, 1.54) is 7.05 Å². The smallest absolute Gasteiger partial charge is 0.325 e. The minimum Gasteiger partial charge on any atom is -0.325 e. The first-order chi connectivity index (χ1) is 12.9. The molecule has 27 heavy (non-hydrogen) atoms. The number of hydrogen-bond donors (Lipinski definition) is 1. The van der Waals surface area contributed by atoms with Crippen LogP contribution >= 0.6 is 0 Å². The van der Waals surface area contributed by atoms with Crippen molar-refractivity contribution in [3.8, 4) is 0 Å². The summed E-state index contributed by atoms with van der Waals surface area (Å²) in [6.45, 7) is 1.12. The van der Waals surface area contributed by atoms with Gasteiger partial charge >= 0.3 is 6.03 Å². The molecule has 0 spiro atoms. The van der Waals surface area contributed by atoms with Crippen LogP contribution in [0.5, 0.6) is 0 Å². The van der Waals surface area contributed by atoms with E-state index in [0.29, 0.717) is 12.1 Å². The number of benzene rings is 1. The molecule has 1 aromatic rings. The number of amides is 5. The molecule has 1 N–H and O–H groups in total. The van der Waals surface area contributed by atoms with Crippen LogP contribution in [0.2, 0.25) is 0 Å². The number of nitrogens with one attached hydrogen (secondary N) is 1. The number of hydrogen-bond acceptors (Lipinski definition) is 4. The number of para-hydroxylation sites is 1. The fourth-order valence-corrected chi connectivity index (χ4v) is 3.62. The third-order valence-corrected chi connectivity index (χ3v) is 5.22. The molecule has 1 heterocycles. The summed E-state index contributed by atoms with van der Waals surface area (Å²) in [5.41, 5.74) is -0.131. The zero-order valence-corrected chi connectivity index (χ0v) is 15.5. The van der Waals surface area contributed by atoms with Crippen molar-refractivity contribution in [1.82, 2.24) is 9.80 Å². The lowest BCUT2D eigenvalue weighted by molar-refractivity contribution is -0.155. The lowest BCUT2D eigenvalue weighted by atomic mass is 9.73. The first-order valence-electron chi connectivity index (χ1n) is 9.04. The Morgan fingerprint density at radius 2 is 1.81 bits per heavy atom. The van der Waals surface area contributed by atoms with Crippen LogP contribution in [0.25, 0.3) is 0 Å². The molecular formula is C20H23N3O4. The lowest BCUT2D eigenvalue weighted by Crippen LogP contribution is -2.64. The van der Waals surface area contributed by atoms with Crippen LogP contribution in [-0.4, -0.2) is 47.1 Å². The quantitative estimate of drug-likeness (QED) is 0.653. The Morgan fingerprint density at radius 3 is 2.44 bits per heavy atom. The molecule has 1 fully saturated rings.